The summed E-state index contributed by atoms with van der Waals surface area (Å²) in [6, 6.07) is 8.71. The van der Waals surface area contributed by atoms with E-state index in [-0.39, 0.29) is 30.1 Å². The van der Waals surface area contributed by atoms with E-state index >= 15 is 0 Å². The minimum absolute atomic E-state index is 0.00401. The average molecular weight is 467 g/mol. The van der Waals surface area contributed by atoms with Crippen molar-refractivity contribution in [1.82, 2.24) is 10.1 Å². The highest BCUT2D eigenvalue weighted by atomic mass is 16.5. The summed E-state index contributed by atoms with van der Waals surface area (Å²) in [5.41, 5.74) is 3.93. The molecule has 2 heterocycles. The number of hydrogen-bond donors (Lipinski definition) is 4. The zero-order valence-electron chi connectivity index (χ0n) is 20.0. The first-order valence-corrected chi connectivity index (χ1v) is 11.0. The molecule has 9 heteroatoms. The van der Waals surface area contributed by atoms with Crippen LogP contribution in [0.25, 0.3) is 0 Å². The van der Waals surface area contributed by atoms with Crippen LogP contribution in [0, 0.1) is 13.8 Å². The van der Waals surface area contributed by atoms with Gasteiger partial charge in [-0.2, -0.15) is 0 Å². The molecule has 0 saturated heterocycles. The first kappa shape index (κ1) is 24.8. The number of aliphatic carboxylic acids is 1. The van der Waals surface area contributed by atoms with Crippen molar-refractivity contribution >= 4 is 29.3 Å². The number of nitrogens with one attached hydrogen (secondary N) is 3. The molecule has 180 valence electrons. The third kappa shape index (κ3) is 6.12. The monoisotopic (exact) mass is 466 g/mol. The van der Waals surface area contributed by atoms with Gasteiger partial charge >= 0.3 is 5.97 Å². The van der Waals surface area contributed by atoms with Gasteiger partial charge in [0.05, 0.1) is 6.42 Å². The minimum atomic E-state index is -0.879. The van der Waals surface area contributed by atoms with Gasteiger partial charge in [-0.1, -0.05) is 38.1 Å². The van der Waals surface area contributed by atoms with Crippen LogP contribution in [0.3, 0.4) is 0 Å². The number of rotatable bonds is 8. The van der Waals surface area contributed by atoms with E-state index in [0.717, 1.165) is 22.4 Å². The fraction of sp³-hybridized carbons (Fsp3) is 0.360. The Bertz CT molecular complexity index is 1200. The fourth-order valence-electron chi connectivity index (χ4n) is 3.58. The van der Waals surface area contributed by atoms with Gasteiger partial charge in [0.2, 0.25) is 5.91 Å². The number of amides is 2. The highest BCUT2D eigenvalue weighted by Gasteiger charge is 2.21. The summed E-state index contributed by atoms with van der Waals surface area (Å²) < 4.78 is 5.28. The summed E-state index contributed by atoms with van der Waals surface area (Å²) in [6.07, 6.45) is 0.511. The predicted octanol–water partition coefficient (Wildman–Crippen LogP) is 4.37. The van der Waals surface area contributed by atoms with E-state index in [1.165, 1.54) is 0 Å². The molecule has 0 atom stereocenters. The Balaban J connectivity index is 1.59. The molecule has 0 saturated carbocycles. The fourth-order valence-corrected chi connectivity index (χ4v) is 3.58. The minimum Gasteiger partial charge on any atom is -0.481 e. The number of benzene rings is 1. The first-order valence-electron chi connectivity index (χ1n) is 11.0. The summed E-state index contributed by atoms with van der Waals surface area (Å²) in [5.74, 6) is -0.358. The van der Waals surface area contributed by atoms with Crippen LogP contribution in [0.4, 0.5) is 11.5 Å². The molecular weight excluding hydrogens is 436 g/mol. The summed E-state index contributed by atoms with van der Waals surface area (Å²) in [6.45, 7) is 9.61. The predicted molar refractivity (Wildman–Crippen MR) is 128 cm³/mol. The number of anilines is 2. The normalized spacial score (nSPS) is 11.3. The molecule has 4 N–H and O–H groups in total. The molecule has 2 aromatic heterocycles. The Morgan fingerprint density at radius 2 is 1.76 bits per heavy atom. The molecule has 0 aliphatic heterocycles. The molecule has 0 aliphatic carbocycles. The highest BCUT2D eigenvalue weighted by molar-refractivity contribution is 6.04. The lowest BCUT2D eigenvalue weighted by atomic mass is 9.93. The van der Waals surface area contributed by atoms with E-state index in [1.807, 2.05) is 27.7 Å². The van der Waals surface area contributed by atoms with Crippen LogP contribution in [-0.2, 0) is 27.8 Å². The molecule has 0 fully saturated rings. The van der Waals surface area contributed by atoms with E-state index in [4.69, 9.17) is 9.63 Å². The van der Waals surface area contributed by atoms with Gasteiger partial charge in [0.1, 0.15) is 11.5 Å². The number of carbonyl (C=O) groups is 3. The van der Waals surface area contributed by atoms with E-state index in [2.05, 4.69) is 20.8 Å². The Labute approximate surface area is 197 Å². The number of H-pyrrole nitrogens is 1. The van der Waals surface area contributed by atoms with Gasteiger partial charge in [-0.25, -0.2) is 0 Å². The highest BCUT2D eigenvalue weighted by Crippen LogP contribution is 2.24. The van der Waals surface area contributed by atoms with E-state index in [9.17, 15) is 14.4 Å². The van der Waals surface area contributed by atoms with Crippen LogP contribution >= 0.6 is 0 Å². The van der Waals surface area contributed by atoms with Gasteiger partial charge in [-0.15, -0.1) is 0 Å². The smallest absolute Gasteiger partial charge is 0.303 e. The molecule has 34 heavy (non-hydrogen) atoms. The molecule has 0 unspecified atom stereocenters. The molecule has 1 aromatic carbocycles. The zero-order valence-corrected chi connectivity index (χ0v) is 20.0. The second-order valence-corrected chi connectivity index (χ2v) is 9.32. The maximum Gasteiger partial charge on any atom is 0.303 e. The second kappa shape index (κ2) is 9.94. The Kier molecular flexibility index (Phi) is 7.24. The van der Waals surface area contributed by atoms with E-state index < -0.39 is 5.97 Å². The molecule has 0 spiro atoms. The second-order valence-electron chi connectivity index (χ2n) is 9.32. The molecular formula is C25H30N4O5. The molecule has 3 aromatic rings. The van der Waals surface area contributed by atoms with Crippen molar-refractivity contribution in [2.24, 2.45) is 0 Å². The number of carboxylic acid groups (broad SMARTS) is 1. The van der Waals surface area contributed by atoms with Gasteiger partial charge < -0.3 is 25.2 Å². The zero-order chi connectivity index (χ0) is 25.0. The maximum atomic E-state index is 12.7. The van der Waals surface area contributed by atoms with Gasteiger partial charge in [0.25, 0.3) is 5.91 Å². The molecule has 3 rings (SSSR count). The third-order valence-corrected chi connectivity index (χ3v) is 5.50. The summed E-state index contributed by atoms with van der Waals surface area (Å²) in [5, 5.41) is 18.4. The summed E-state index contributed by atoms with van der Waals surface area (Å²) in [7, 11) is 0. The number of hydrogen-bond acceptors (Lipinski definition) is 5. The largest absolute Gasteiger partial charge is 0.481 e. The van der Waals surface area contributed by atoms with Crippen molar-refractivity contribution in [2.45, 2.75) is 59.3 Å². The molecule has 2 amide bonds. The third-order valence-electron chi connectivity index (χ3n) is 5.50. The van der Waals surface area contributed by atoms with Crippen LogP contribution in [0.1, 0.15) is 65.8 Å². The maximum absolute atomic E-state index is 12.7. The van der Waals surface area contributed by atoms with Crippen molar-refractivity contribution in [3.05, 3.63) is 64.2 Å². The quantitative estimate of drug-likeness (QED) is 0.389. The average Bonchev–Trinajstić information content (AvgIpc) is 3.32. The Morgan fingerprint density at radius 3 is 2.35 bits per heavy atom. The van der Waals surface area contributed by atoms with Gasteiger partial charge in [0.15, 0.2) is 5.82 Å². The lowest BCUT2D eigenvalue weighted by Crippen LogP contribution is -2.15. The number of aromatic amines is 1. The number of aromatic nitrogens is 2. The van der Waals surface area contributed by atoms with Gasteiger partial charge in [-0.05, 0) is 49.1 Å². The van der Waals surface area contributed by atoms with E-state index in [0.29, 0.717) is 29.4 Å². The lowest BCUT2D eigenvalue weighted by Gasteiger charge is -2.12. The topological polar surface area (TPSA) is 137 Å². The first-order chi connectivity index (χ1) is 15.9. The van der Waals surface area contributed by atoms with Crippen LogP contribution in [0.15, 0.2) is 34.9 Å². The van der Waals surface area contributed by atoms with Crippen molar-refractivity contribution < 1.29 is 24.0 Å². The number of carbonyl (C=O) groups excluding carboxylic acids is 2. The Hall–Kier alpha value is -3.88. The van der Waals surface area contributed by atoms with Crippen molar-refractivity contribution in [3.8, 4) is 0 Å². The molecule has 0 radical (unpaired) electrons. The summed E-state index contributed by atoms with van der Waals surface area (Å²) >= 11 is 0. The molecule has 0 aliphatic rings. The lowest BCUT2D eigenvalue weighted by molar-refractivity contribution is -0.137. The van der Waals surface area contributed by atoms with Crippen LogP contribution in [0.2, 0.25) is 0 Å². The number of carboxylic acids is 1. The number of aryl methyl sites for hydroxylation is 1. The number of nitrogens with zero attached hydrogens (tertiary/aromatic N) is 1. The standard InChI is InChI=1S/C25H30N4O5/c1-14-18(10-11-22(31)32)15(2)26-23(14)24(33)27-17-8-6-16(7-9-17)12-21(30)28-20-13-19(34-29-20)25(3,4)5/h6-9,13,26H,10-12H2,1-5H3,(H,27,33)(H,31,32)(H,28,29,30). The van der Waals surface area contributed by atoms with Crippen molar-refractivity contribution in [1.29, 1.82) is 0 Å². The molecule has 9 nitrogen and oxygen atoms in total. The Morgan fingerprint density at radius 1 is 1.09 bits per heavy atom. The SMILES string of the molecule is Cc1[nH]c(C(=O)Nc2ccc(CC(=O)Nc3cc(C(C)(C)C)on3)cc2)c(C)c1CCC(=O)O. The van der Waals surface area contributed by atoms with Gasteiger partial charge in [-0.3, -0.25) is 14.4 Å². The van der Waals surface area contributed by atoms with Crippen LogP contribution in [-0.4, -0.2) is 33.0 Å². The molecule has 0 bridgehead atoms. The summed E-state index contributed by atoms with van der Waals surface area (Å²) in [4.78, 5) is 39.0. The van der Waals surface area contributed by atoms with Gasteiger partial charge in [0, 0.05) is 29.3 Å². The van der Waals surface area contributed by atoms with Crippen molar-refractivity contribution in [3.63, 3.8) is 0 Å². The van der Waals surface area contributed by atoms with Crippen LogP contribution in [0.5, 0.6) is 0 Å². The van der Waals surface area contributed by atoms with Crippen LogP contribution < -0.4 is 10.6 Å². The van der Waals surface area contributed by atoms with E-state index in [1.54, 1.807) is 37.3 Å². The van der Waals surface area contributed by atoms with Crippen molar-refractivity contribution in [2.75, 3.05) is 10.6 Å².